The zero-order valence-corrected chi connectivity index (χ0v) is 21.8. The molecule has 0 N–H and O–H groups in total. The third-order valence-electron chi connectivity index (χ3n) is 5.60. The molecule has 0 radical (unpaired) electrons. The van der Waals surface area contributed by atoms with E-state index in [4.69, 9.17) is 0 Å². The van der Waals surface area contributed by atoms with Crippen molar-refractivity contribution in [3.63, 3.8) is 0 Å². The Kier molecular flexibility index (Phi) is 7.75. The van der Waals surface area contributed by atoms with Gasteiger partial charge in [-0.1, -0.05) is 65.8 Å². The first-order valence-corrected chi connectivity index (χ1v) is 12.7. The van der Waals surface area contributed by atoms with E-state index < -0.39 is 29.6 Å². The SMILES string of the molecule is CC(C)(C)c1ccc([S+](c2ccc(C(=O)OCC(F)(F)F)cc2)c2ccc(C(C)(C)C)cc2)cc1. The highest BCUT2D eigenvalue weighted by molar-refractivity contribution is 7.97. The molecule has 6 heteroatoms. The highest BCUT2D eigenvalue weighted by Crippen LogP contribution is 2.34. The quantitative estimate of drug-likeness (QED) is 0.261. The maximum absolute atomic E-state index is 12.4. The van der Waals surface area contributed by atoms with Crippen LogP contribution in [-0.2, 0) is 26.5 Å². The first-order valence-electron chi connectivity index (χ1n) is 11.4. The van der Waals surface area contributed by atoms with Gasteiger partial charge in [0.1, 0.15) is 0 Å². The molecular weight excluding hydrogens is 469 g/mol. The molecular formula is C29H32F3O2S+. The molecule has 0 aromatic heterocycles. The smallest absolute Gasteiger partial charge is 0.422 e. The van der Waals surface area contributed by atoms with Crippen molar-refractivity contribution in [1.29, 1.82) is 0 Å². The van der Waals surface area contributed by atoms with Crippen LogP contribution in [0.1, 0.15) is 63.0 Å². The topological polar surface area (TPSA) is 26.3 Å². The Balaban J connectivity index is 1.98. The normalized spacial score (nSPS) is 12.6. The fourth-order valence-electron chi connectivity index (χ4n) is 3.55. The molecule has 0 fully saturated rings. The second-order valence-electron chi connectivity index (χ2n) is 10.6. The van der Waals surface area contributed by atoms with E-state index in [2.05, 4.69) is 94.8 Å². The molecule has 0 atom stereocenters. The van der Waals surface area contributed by atoms with E-state index in [0.29, 0.717) is 0 Å². The van der Waals surface area contributed by atoms with Crippen molar-refractivity contribution >= 4 is 16.9 Å². The van der Waals surface area contributed by atoms with Gasteiger partial charge >= 0.3 is 12.1 Å². The van der Waals surface area contributed by atoms with Gasteiger partial charge < -0.3 is 4.74 Å². The molecule has 0 aliphatic heterocycles. The van der Waals surface area contributed by atoms with Gasteiger partial charge in [0, 0.05) is 0 Å². The molecule has 0 saturated carbocycles. The lowest BCUT2D eigenvalue weighted by atomic mass is 9.87. The van der Waals surface area contributed by atoms with Crippen molar-refractivity contribution in [2.45, 2.75) is 73.2 Å². The van der Waals surface area contributed by atoms with Crippen LogP contribution < -0.4 is 0 Å². The Bertz CT molecular complexity index is 1080. The van der Waals surface area contributed by atoms with Crippen LogP contribution in [0.5, 0.6) is 0 Å². The van der Waals surface area contributed by atoms with E-state index in [9.17, 15) is 18.0 Å². The minimum Gasteiger partial charge on any atom is -0.452 e. The fraction of sp³-hybridized carbons (Fsp3) is 0.345. The average molecular weight is 502 g/mol. The summed E-state index contributed by atoms with van der Waals surface area (Å²) >= 11 is 0. The Morgan fingerprint density at radius 1 is 0.657 bits per heavy atom. The number of rotatable bonds is 5. The Labute approximate surface area is 208 Å². The van der Waals surface area contributed by atoms with Gasteiger partial charge in [-0.05, 0) is 70.5 Å². The first kappa shape index (κ1) is 26.9. The van der Waals surface area contributed by atoms with Gasteiger partial charge in [-0.2, -0.15) is 13.2 Å². The second-order valence-corrected chi connectivity index (χ2v) is 12.6. The molecule has 3 aromatic rings. The van der Waals surface area contributed by atoms with Crippen molar-refractivity contribution in [2.75, 3.05) is 6.61 Å². The Hall–Kier alpha value is -2.73. The first-order chi connectivity index (χ1) is 16.1. The zero-order valence-electron chi connectivity index (χ0n) is 21.0. The molecule has 3 rings (SSSR count). The number of halogens is 3. The zero-order chi connectivity index (χ0) is 26.0. The summed E-state index contributed by atoms with van der Waals surface area (Å²) in [6.07, 6.45) is -4.56. The van der Waals surface area contributed by atoms with Gasteiger partial charge in [-0.25, -0.2) is 4.79 Å². The molecule has 186 valence electrons. The summed E-state index contributed by atoms with van der Waals surface area (Å²) in [6.45, 7) is 11.4. The van der Waals surface area contributed by atoms with Crippen molar-refractivity contribution < 1.29 is 22.7 Å². The number of esters is 1. The third-order valence-corrected chi connectivity index (χ3v) is 7.84. The molecule has 0 amide bonds. The van der Waals surface area contributed by atoms with Gasteiger partial charge in [-0.3, -0.25) is 0 Å². The van der Waals surface area contributed by atoms with E-state index in [1.807, 2.05) is 0 Å². The molecule has 0 bridgehead atoms. The van der Waals surface area contributed by atoms with E-state index in [1.165, 1.54) is 23.3 Å². The molecule has 3 aromatic carbocycles. The van der Waals surface area contributed by atoms with Crippen molar-refractivity contribution in [3.8, 4) is 0 Å². The molecule has 0 heterocycles. The predicted octanol–water partition coefficient (Wildman–Crippen LogP) is 8.10. The van der Waals surface area contributed by atoms with Crippen LogP contribution in [0.25, 0.3) is 0 Å². The molecule has 0 unspecified atom stereocenters. The molecule has 0 aliphatic rings. The Morgan fingerprint density at radius 3 is 1.31 bits per heavy atom. The number of hydrogen-bond donors (Lipinski definition) is 0. The standard InChI is InChI=1S/C29H32F3O2S/c1-27(2,3)21-9-15-24(16-10-21)35(25-17-11-22(12-18-25)28(4,5)6)23-13-7-20(8-14-23)26(33)34-19-29(30,31)32/h7-18H,19H2,1-6H3/q+1. The van der Waals surface area contributed by atoms with Crippen LogP contribution in [0.4, 0.5) is 13.2 Å². The molecule has 2 nitrogen and oxygen atoms in total. The van der Waals surface area contributed by atoms with Crippen LogP contribution in [0.3, 0.4) is 0 Å². The van der Waals surface area contributed by atoms with Gasteiger partial charge in [0.15, 0.2) is 21.3 Å². The largest absolute Gasteiger partial charge is 0.452 e. The van der Waals surface area contributed by atoms with E-state index >= 15 is 0 Å². The average Bonchev–Trinajstić information content (AvgIpc) is 2.77. The van der Waals surface area contributed by atoms with Crippen LogP contribution in [-0.4, -0.2) is 18.8 Å². The lowest BCUT2D eigenvalue weighted by Gasteiger charge is -2.20. The molecule has 35 heavy (non-hydrogen) atoms. The molecule has 0 saturated heterocycles. The molecule has 0 aliphatic carbocycles. The maximum Gasteiger partial charge on any atom is 0.422 e. The van der Waals surface area contributed by atoms with Gasteiger partial charge in [0.25, 0.3) is 0 Å². The van der Waals surface area contributed by atoms with Gasteiger partial charge in [-0.15, -0.1) is 0 Å². The highest BCUT2D eigenvalue weighted by atomic mass is 32.2. The van der Waals surface area contributed by atoms with E-state index in [-0.39, 0.29) is 16.4 Å². The summed E-state index contributed by atoms with van der Waals surface area (Å²) < 4.78 is 41.6. The maximum atomic E-state index is 12.4. The van der Waals surface area contributed by atoms with Crippen molar-refractivity contribution in [1.82, 2.24) is 0 Å². The van der Waals surface area contributed by atoms with Crippen LogP contribution in [0.2, 0.25) is 0 Å². The van der Waals surface area contributed by atoms with Crippen LogP contribution in [0.15, 0.2) is 87.5 Å². The summed E-state index contributed by atoms with van der Waals surface area (Å²) in [5, 5.41) is 0. The summed E-state index contributed by atoms with van der Waals surface area (Å²) in [6, 6.07) is 23.7. The summed E-state index contributed by atoms with van der Waals surface area (Å²) in [4.78, 5) is 15.3. The minimum absolute atomic E-state index is 0.0317. The van der Waals surface area contributed by atoms with E-state index in [0.717, 1.165) is 14.7 Å². The fourth-order valence-corrected chi connectivity index (χ4v) is 5.59. The number of carbonyl (C=O) groups is 1. The monoisotopic (exact) mass is 501 g/mol. The molecule has 0 spiro atoms. The summed E-state index contributed by atoms with van der Waals surface area (Å²) in [5.41, 5.74) is 2.62. The number of ether oxygens (including phenoxy) is 1. The lowest BCUT2D eigenvalue weighted by Crippen LogP contribution is -2.20. The number of hydrogen-bond acceptors (Lipinski definition) is 2. The second kappa shape index (κ2) is 10.1. The lowest BCUT2D eigenvalue weighted by molar-refractivity contribution is -0.161. The predicted molar refractivity (Wildman–Crippen MR) is 135 cm³/mol. The number of benzene rings is 3. The number of carbonyl (C=O) groups excluding carboxylic acids is 1. The number of alkyl halides is 3. The van der Waals surface area contributed by atoms with Gasteiger partial charge in [0.05, 0.1) is 16.5 Å². The van der Waals surface area contributed by atoms with E-state index in [1.54, 1.807) is 12.1 Å². The van der Waals surface area contributed by atoms with Crippen molar-refractivity contribution in [2.24, 2.45) is 0 Å². The highest BCUT2D eigenvalue weighted by Gasteiger charge is 2.32. The Morgan fingerprint density at radius 2 is 1.00 bits per heavy atom. The minimum atomic E-state index is -4.56. The summed E-state index contributed by atoms with van der Waals surface area (Å²) in [7, 11) is -0.456. The van der Waals surface area contributed by atoms with Crippen molar-refractivity contribution in [3.05, 3.63) is 89.5 Å². The van der Waals surface area contributed by atoms with Gasteiger partial charge in [0.2, 0.25) is 0 Å². The van der Waals surface area contributed by atoms with Crippen LogP contribution in [0, 0.1) is 0 Å². The van der Waals surface area contributed by atoms with Crippen LogP contribution >= 0.6 is 0 Å². The third kappa shape index (κ3) is 7.14. The summed E-state index contributed by atoms with van der Waals surface area (Å²) in [5.74, 6) is -0.988.